The number of methoxy groups -OCH3 is 2. The van der Waals surface area contributed by atoms with Gasteiger partial charge < -0.3 is 14.4 Å². The van der Waals surface area contributed by atoms with E-state index < -0.39 is 0 Å². The highest BCUT2D eigenvalue weighted by Crippen LogP contribution is 2.27. The number of halogens is 1. The van der Waals surface area contributed by atoms with Gasteiger partial charge in [0.15, 0.2) is 5.78 Å². The number of benzene rings is 1. The predicted molar refractivity (Wildman–Crippen MR) is 80.1 cm³/mol. The minimum absolute atomic E-state index is 0.0626. The van der Waals surface area contributed by atoms with Crippen LogP contribution in [0.25, 0.3) is 0 Å². The Morgan fingerprint density at radius 3 is 2.21 bits per heavy atom. The Morgan fingerprint density at radius 2 is 1.79 bits per heavy atom. The minimum atomic E-state index is 0.0626. The van der Waals surface area contributed by atoms with Crippen molar-refractivity contribution in [1.29, 1.82) is 0 Å². The molecule has 1 rings (SSSR count). The predicted octanol–water partition coefficient (Wildman–Crippen LogP) is 2.75. The molecular formula is C14H20BrNO3. The van der Waals surface area contributed by atoms with E-state index in [-0.39, 0.29) is 5.78 Å². The number of hydrogen-bond donors (Lipinski definition) is 0. The van der Waals surface area contributed by atoms with Crippen molar-refractivity contribution < 1.29 is 14.3 Å². The van der Waals surface area contributed by atoms with Crippen molar-refractivity contribution in [3.63, 3.8) is 0 Å². The first-order valence-corrected chi connectivity index (χ1v) is 6.92. The fourth-order valence-electron chi connectivity index (χ4n) is 1.74. The Morgan fingerprint density at radius 1 is 1.21 bits per heavy atom. The molecule has 0 N–H and O–H groups in total. The number of ketones is 1. The number of rotatable bonds is 8. The second-order valence-corrected chi connectivity index (χ2v) is 5.05. The fourth-order valence-corrected chi connectivity index (χ4v) is 2.37. The first-order valence-electron chi connectivity index (χ1n) is 6.13. The molecule has 0 fully saturated rings. The zero-order chi connectivity index (χ0) is 14.3. The summed E-state index contributed by atoms with van der Waals surface area (Å²) in [6, 6.07) is 5.64. The number of Topliss-reactive ketones (excluding diaryl/α,β-unsaturated/α-hetero) is 1. The number of anilines is 1. The van der Waals surface area contributed by atoms with Gasteiger partial charge in [0, 0.05) is 37.3 Å². The van der Waals surface area contributed by atoms with Crippen molar-refractivity contribution in [2.45, 2.75) is 6.92 Å². The highest BCUT2D eigenvalue weighted by molar-refractivity contribution is 9.10. The molecular weight excluding hydrogens is 310 g/mol. The Hall–Kier alpha value is -0.910. The molecule has 0 heterocycles. The Balaban J connectivity index is 2.90. The third-order valence-corrected chi connectivity index (χ3v) is 3.46. The van der Waals surface area contributed by atoms with Gasteiger partial charge in [0.25, 0.3) is 0 Å². The summed E-state index contributed by atoms with van der Waals surface area (Å²) in [5, 5.41) is 0. The molecule has 0 radical (unpaired) electrons. The van der Waals surface area contributed by atoms with Gasteiger partial charge in [-0.05, 0) is 41.1 Å². The smallest absolute Gasteiger partial charge is 0.159 e. The van der Waals surface area contributed by atoms with E-state index in [1.54, 1.807) is 21.1 Å². The Bertz CT molecular complexity index is 415. The molecule has 106 valence electrons. The Labute approximate surface area is 122 Å². The highest BCUT2D eigenvalue weighted by atomic mass is 79.9. The summed E-state index contributed by atoms with van der Waals surface area (Å²) in [5.41, 5.74) is 1.74. The summed E-state index contributed by atoms with van der Waals surface area (Å²) in [7, 11) is 3.37. The van der Waals surface area contributed by atoms with Crippen LogP contribution in [0.1, 0.15) is 17.3 Å². The normalized spacial score (nSPS) is 10.5. The minimum Gasteiger partial charge on any atom is -0.383 e. The summed E-state index contributed by atoms with van der Waals surface area (Å²) in [4.78, 5) is 13.5. The maximum Gasteiger partial charge on any atom is 0.159 e. The number of hydrogen-bond acceptors (Lipinski definition) is 4. The second kappa shape index (κ2) is 8.30. The summed E-state index contributed by atoms with van der Waals surface area (Å²) in [5.74, 6) is 0.0626. The first kappa shape index (κ1) is 16.1. The zero-order valence-corrected chi connectivity index (χ0v) is 13.2. The van der Waals surface area contributed by atoms with Gasteiger partial charge in [0.1, 0.15) is 0 Å². The molecule has 0 saturated heterocycles. The highest BCUT2D eigenvalue weighted by Gasteiger charge is 2.11. The van der Waals surface area contributed by atoms with Crippen LogP contribution in [0.15, 0.2) is 22.7 Å². The average molecular weight is 330 g/mol. The molecule has 0 amide bonds. The van der Waals surface area contributed by atoms with Crippen LogP contribution >= 0.6 is 15.9 Å². The average Bonchev–Trinajstić information content (AvgIpc) is 2.39. The molecule has 0 aliphatic carbocycles. The lowest BCUT2D eigenvalue weighted by molar-refractivity contribution is 0.101. The number of carbonyl (C=O) groups excluding carboxylic acids is 1. The third kappa shape index (κ3) is 4.93. The molecule has 0 bridgehead atoms. The van der Waals surface area contributed by atoms with E-state index in [2.05, 4.69) is 20.8 Å². The van der Waals surface area contributed by atoms with Crippen molar-refractivity contribution in [1.82, 2.24) is 0 Å². The van der Waals surface area contributed by atoms with E-state index in [1.807, 2.05) is 18.2 Å². The van der Waals surface area contributed by atoms with Crippen LogP contribution in [-0.4, -0.2) is 46.3 Å². The Kier molecular flexibility index (Phi) is 7.05. The summed E-state index contributed by atoms with van der Waals surface area (Å²) < 4.78 is 11.2. The van der Waals surface area contributed by atoms with Gasteiger partial charge in [0.05, 0.1) is 18.9 Å². The van der Waals surface area contributed by atoms with Crippen LogP contribution in [-0.2, 0) is 9.47 Å². The summed E-state index contributed by atoms with van der Waals surface area (Å²) in [6.07, 6.45) is 0. The molecule has 5 heteroatoms. The quantitative estimate of drug-likeness (QED) is 0.687. The molecule has 0 saturated carbocycles. The van der Waals surface area contributed by atoms with E-state index in [4.69, 9.17) is 9.47 Å². The molecule has 0 unspecified atom stereocenters. The van der Waals surface area contributed by atoms with Gasteiger partial charge in [-0.2, -0.15) is 0 Å². The van der Waals surface area contributed by atoms with Gasteiger partial charge in [-0.25, -0.2) is 0 Å². The number of ether oxygens (including phenoxy) is 2. The largest absolute Gasteiger partial charge is 0.383 e. The SMILES string of the molecule is COCCN(CCOC)c1ccc(C(C)=O)cc1Br. The zero-order valence-electron chi connectivity index (χ0n) is 11.6. The fraction of sp³-hybridized carbons (Fsp3) is 0.500. The van der Waals surface area contributed by atoms with Gasteiger partial charge >= 0.3 is 0 Å². The molecule has 19 heavy (non-hydrogen) atoms. The maximum atomic E-state index is 11.3. The standard InChI is InChI=1S/C14H20BrNO3/c1-11(17)12-4-5-14(13(15)10-12)16(6-8-18-2)7-9-19-3/h4-5,10H,6-9H2,1-3H3. The van der Waals surface area contributed by atoms with Gasteiger partial charge in [-0.1, -0.05) is 0 Å². The van der Waals surface area contributed by atoms with Crippen molar-refractivity contribution in [3.8, 4) is 0 Å². The monoisotopic (exact) mass is 329 g/mol. The molecule has 0 aliphatic heterocycles. The lowest BCUT2D eigenvalue weighted by Crippen LogP contribution is -2.30. The lowest BCUT2D eigenvalue weighted by Gasteiger charge is -2.25. The molecule has 0 aliphatic rings. The molecule has 0 spiro atoms. The van der Waals surface area contributed by atoms with Gasteiger partial charge in [-0.3, -0.25) is 4.79 Å². The maximum absolute atomic E-state index is 11.3. The van der Waals surface area contributed by atoms with E-state index >= 15 is 0 Å². The van der Waals surface area contributed by atoms with E-state index in [1.165, 1.54) is 0 Å². The summed E-state index contributed by atoms with van der Waals surface area (Å²) >= 11 is 3.52. The van der Waals surface area contributed by atoms with Crippen LogP contribution in [0.2, 0.25) is 0 Å². The van der Waals surface area contributed by atoms with E-state index in [0.717, 1.165) is 23.2 Å². The lowest BCUT2D eigenvalue weighted by atomic mass is 10.1. The van der Waals surface area contributed by atoms with Crippen molar-refractivity contribution in [2.75, 3.05) is 45.4 Å². The van der Waals surface area contributed by atoms with Crippen molar-refractivity contribution in [3.05, 3.63) is 28.2 Å². The second-order valence-electron chi connectivity index (χ2n) is 4.20. The van der Waals surface area contributed by atoms with Crippen LogP contribution in [0.3, 0.4) is 0 Å². The van der Waals surface area contributed by atoms with Gasteiger partial charge in [0.2, 0.25) is 0 Å². The van der Waals surface area contributed by atoms with Crippen molar-refractivity contribution >= 4 is 27.4 Å². The molecule has 0 atom stereocenters. The van der Waals surface area contributed by atoms with E-state index in [0.29, 0.717) is 18.8 Å². The topological polar surface area (TPSA) is 38.8 Å². The third-order valence-electron chi connectivity index (χ3n) is 2.83. The van der Waals surface area contributed by atoms with Crippen LogP contribution in [0.5, 0.6) is 0 Å². The number of nitrogens with zero attached hydrogens (tertiary/aromatic N) is 1. The van der Waals surface area contributed by atoms with Crippen LogP contribution in [0.4, 0.5) is 5.69 Å². The number of carbonyl (C=O) groups is 1. The van der Waals surface area contributed by atoms with E-state index in [9.17, 15) is 4.79 Å². The first-order chi connectivity index (χ1) is 9.10. The molecule has 0 aromatic heterocycles. The summed E-state index contributed by atoms with van der Waals surface area (Å²) in [6.45, 7) is 4.40. The van der Waals surface area contributed by atoms with Crippen LogP contribution < -0.4 is 4.90 Å². The molecule has 1 aromatic rings. The molecule has 1 aromatic carbocycles. The van der Waals surface area contributed by atoms with Gasteiger partial charge in [-0.15, -0.1) is 0 Å². The molecule has 4 nitrogen and oxygen atoms in total. The van der Waals surface area contributed by atoms with Crippen LogP contribution in [0, 0.1) is 0 Å². The van der Waals surface area contributed by atoms with Crippen molar-refractivity contribution in [2.24, 2.45) is 0 Å².